The van der Waals surface area contributed by atoms with Crippen LogP contribution in [0, 0.1) is 10.1 Å². The molecule has 0 aromatic heterocycles. The van der Waals surface area contributed by atoms with Gasteiger partial charge in [-0.3, -0.25) is 19.8 Å². The minimum absolute atomic E-state index is 0.0235. The number of carbonyl (C=O) groups is 2. The van der Waals surface area contributed by atoms with E-state index >= 15 is 0 Å². The number of nitro groups is 1. The second kappa shape index (κ2) is 7.45. The van der Waals surface area contributed by atoms with Gasteiger partial charge in [-0.1, -0.05) is 23.7 Å². The van der Waals surface area contributed by atoms with E-state index < -0.39 is 38.0 Å². The molecule has 1 saturated heterocycles. The van der Waals surface area contributed by atoms with Crippen LogP contribution in [0.2, 0.25) is 5.02 Å². The minimum Gasteiger partial charge on any atom is -0.319 e. The minimum atomic E-state index is -3.75. The number of nitrogens with zero attached hydrogens (tertiary/aromatic N) is 2. The van der Waals surface area contributed by atoms with Crippen LogP contribution < -0.4 is 5.32 Å². The molecule has 9 nitrogen and oxygen atoms in total. The molecule has 1 fully saturated rings. The molecule has 0 unspecified atom stereocenters. The smallest absolute Gasteiger partial charge is 0.319 e. The maximum atomic E-state index is 12.9. The summed E-state index contributed by atoms with van der Waals surface area (Å²) in [6.45, 7) is 1.06. The van der Waals surface area contributed by atoms with E-state index in [1.54, 1.807) is 0 Å². The second-order valence-electron chi connectivity index (χ2n) is 6.59. The number of nitro benzene ring substituents is 1. The Hall–Kier alpha value is -2.98. The van der Waals surface area contributed by atoms with Gasteiger partial charge in [0.2, 0.25) is 0 Å². The molecule has 1 heterocycles. The van der Waals surface area contributed by atoms with Gasteiger partial charge < -0.3 is 5.32 Å². The lowest BCUT2D eigenvalue weighted by Gasteiger charge is -2.22. The Morgan fingerprint density at radius 2 is 1.83 bits per heavy atom. The molecule has 0 bridgehead atoms. The summed E-state index contributed by atoms with van der Waals surface area (Å²) in [6, 6.07) is 10.1. The van der Waals surface area contributed by atoms with Crippen LogP contribution in [0.3, 0.4) is 0 Å². The number of carbonyl (C=O) groups excluding carboxylic acids is 2. The molecule has 0 saturated carbocycles. The summed E-state index contributed by atoms with van der Waals surface area (Å²) in [4.78, 5) is 36.4. The average molecular weight is 438 g/mol. The van der Waals surface area contributed by atoms with Crippen molar-refractivity contribution < 1.29 is 22.9 Å². The second-order valence-corrected chi connectivity index (χ2v) is 9.14. The number of hydrogen-bond acceptors (Lipinski definition) is 6. The molecule has 3 amide bonds. The molecule has 1 N–H and O–H groups in total. The fraction of sp³-hybridized carbons (Fsp3) is 0.222. The highest BCUT2D eigenvalue weighted by Crippen LogP contribution is 2.31. The van der Waals surface area contributed by atoms with Gasteiger partial charge in [-0.2, -0.15) is 0 Å². The van der Waals surface area contributed by atoms with Crippen LogP contribution in [0.25, 0.3) is 0 Å². The number of urea groups is 1. The van der Waals surface area contributed by atoms with Crippen molar-refractivity contribution in [2.75, 3.05) is 12.3 Å². The molecule has 11 heteroatoms. The molecule has 2 aromatic rings. The van der Waals surface area contributed by atoms with Gasteiger partial charge in [0.1, 0.15) is 5.54 Å². The first-order valence-corrected chi connectivity index (χ1v) is 10.4. The lowest BCUT2D eigenvalue weighted by molar-refractivity contribution is -0.385. The topological polar surface area (TPSA) is 127 Å². The van der Waals surface area contributed by atoms with Crippen molar-refractivity contribution in [3.8, 4) is 0 Å². The summed E-state index contributed by atoms with van der Waals surface area (Å²) in [5, 5.41) is 13.9. The zero-order valence-corrected chi connectivity index (χ0v) is 16.7. The van der Waals surface area contributed by atoms with Crippen LogP contribution in [0.4, 0.5) is 10.5 Å². The summed E-state index contributed by atoms with van der Waals surface area (Å²) >= 11 is 5.76. The van der Waals surface area contributed by atoms with Crippen molar-refractivity contribution in [3.05, 3.63) is 69.2 Å². The van der Waals surface area contributed by atoms with Gasteiger partial charge in [-0.15, -0.1) is 0 Å². The molecular weight excluding hydrogens is 422 g/mol. The number of hydrogen-bond donors (Lipinski definition) is 1. The molecule has 0 spiro atoms. The predicted octanol–water partition coefficient (Wildman–Crippen LogP) is 2.49. The lowest BCUT2D eigenvalue weighted by Crippen LogP contribution is -2.41. The molecule has 0 aliphatic carbocycles. The SMILES string of the molecule is C[C@@]1(c2cccc([N+](=O)[O-])c2)NC(=O)N(CCS(=O)(=O)c2ccc(Cl)cc2)C1=O. The Balaban J connectivity index is 1.81. The Morgan fingerprint density at radius 3 is 2.45 bits per heavy atom. The molecule has 1 aliphatic heterocycles. The molecule has 152 valence electrons. The Bertz CT molecular complexity index is 1100. The van der Waals surface area contributed by atoms with Crippen LogP contribution in [0.1, 0.15) is 12.5 Å². The van der Waals surface area contributed by atoms with E-state index in [4.69, 9.17) is 11.6 Å². The first kappa shape index (κ1) is 20.7. The number of sulfone groups is 1. The van der Waals surface area contributed by atoms with Crippen LogP contribution >= 0.6 is 11.6 Å². The third-order valence-corrected chi connectivity index (χ3v) is 6.63. The van der Waals surface area contributed by atoms with E-state index in [0.717, 1.165) is 4.90 Å². The van der Waals surface area contributed by atoms with E-state index in [1.807, 2.05) is 0 Å². The summed E-state index contributed by atoms with van der Waals surface area (Å²) in [5.41, 5.74) is -1.53. The first-order chi connectivity index (χ1) is 13.5. The standard InChI is InChI=1S/C18H16ClN3O6S/c1-18(12-3-2-4-14(11-12)22(25)26)16(23)21(17(24)20-18)9-10-29(27,28)15-7-5-13(19)6-8-15/h2-8,11H,9-10H2,1H3,(H,20,24)/t18-/m0/s1. The maximum Gasteiger partial charge on any atom is 0.325 e. The van der Waals surface area contributed by atoms with E-state index in [2.05, 4.69) is 5.32 Å². The van der Waals surface area contributed by atoms with Gasteiger partial charge in [-0.05, 0) is 36.8 Å². The Morgan fingerprint density at radius 1 is 1.17 bits per heavy atom. The predicted molar refractivity (Wildman–Crippen MR) is 104 cm³/mol. The number of non-ortho nitro benzene ring substituents is 1. The fourth-order valence-electron chi connectivity index (χ4n) is 3.00. The largest absolute Gasteiger partial charge is 0.325 e. The number of imide groups is 1. The summed E-state index contributed by atoms with van der Waals surface area (Å²) in [5.74, 6) is -1.16. The van der Waals surface area contributed by atoms with Gasteiger partial charge in [0.25, 0.3) is 11.6 Å². The van der Waals surface area contributed by atoms with Gasteiger partial charge in [-0.25, -0.2) is 13.2 Å². The van der Waals surface area contributed by atoms with Crippen molar-refractivity contribution in [1.29, 1.82) is 0 Å². The Labute approximate surface area is 171 Å². The van der Waals surface area contributed by atoms with Gasteiger partial charge in [0.15, 0.2) is 9.84 Å². The van der Waals surface area contributed by atoms with Crippen molar-refractivity contribution in [1.82, 2.24) is 10.2 Å². The van der Waals surface area contributed by atoms with Crippen molar-refractivity contribution in [2.24, 2.45) is 0 Å². The molecule has 29 heavy (non-hydrogen) atoms. The van der Waals surface area contributed by atoms with E-state index in [1.165, 1.54) is 55.5 Å². The third-order valence-electron chi connectivity index (χ3n) is 4.67. The number of benzene rings is 2. The van der Waals surface area contributed by atoms with Crippen LogP contribution in [0.5, 0.6) is 0 Å². The van der Waals surface area contributed by atoms with Gasteiger partial charge in [0.05, 0.1) is 15.6 Å². The Kier molecular flexibility index (Phi) is 5.33. The quantitative estimate of drug-likeness (QED) is 0.420. The molecule has 1 aliphatic rings. The highest BCUT2D eigenvalue weighted by atomic mass is 35.5. The third kappa shape index (κ3) is 3.94. The zero-order valence-electron chi connectivity index (χ0n) is 15.2. The number of halogens is 1. The molecule has 0 radical (unpaired) electrons. The van der Waals surface area contributed by atoms with Crippen molar-refractivity contribution in [2.45, 2.75) is 17.4 Å². The zero-order chi connectivity index (χ0) is 21.4. The highest BCUT2D eigenvalue weighted by molar-refractivity contribution is 7.91. The monoisotopic (exact) mass is 437 g/mol. The van der Waals surface area contributed by atoms with Gasteiger partial charge in [0, 0.05) is 23.7 Å². The van der Waals surface area contributed by atoms with E-state index in [-0.39, 0.29) is 22.7 Å². The molecular formula is C18H16ClN3O6S. The molecule has 1 atom stereocenters. The summed E-state index contributed by atoms with van der Waals surface area (Å²) in [6.07, 6.45) is 0. The van der Waals surface area contributed by atoms with Crippen molar-refractivity contribution in [3.63, 3.8) is 0 Å². The molecule has 3 rings (SSSR count). The average Bonchev–Trinajstić information content (AvgIpc) is 2.90. The normalized spacial score (nSPS) is 19.3. The first-order valence-electron chi connectivity index (χ1n) is 8.42. The van der Waals surface area contributed by atoms with Crippen molar-refractivity contribution >= 4 is 39.1 Å². The van der Waals surface area contributed by atoms with E-state index in [0.29, 0.717) is 5.02 Å². The van der Waals surface area contributed by atoms with Crippen LogP contribution in [-0.2, 0) is 20.2 Å². The number of amides is 3. The van der Waals surface area contributed by atoms with Crippen LogP contribution in [0.15, 0.2) is 53.4 Å². The van der Waals surface area contributed by atoms with Crippen LogP contribution in [-0.4, -0.2) is 42.5 Å². The number of nitrogens with one attached hydrogen (secondary N) is 1. The number of rotatable bonds is 6. The fourth-order valence-corrected chi connectivity index (χ4v) is 4.33. The summed E-state index contributed by atoms with van der Waals surface area (Å²) in [7, 11) is -3.75. The maximum absolute atomic E-state index is 12.9. The summed E-state index contributed by atoms with van der Waals surface area (Å²) < 4.78 is 25.0. The van der Waals surface area contributed by atoms with Gasteiger partial charge >= 0.3 is 6.03 Å². The molecule has 2 aromatic carbocycles. The van der Waals surface area contributed by atoms with E-state index in [9.17, 15) is 28.1 Å². The highest BCUT2D eigenvalue weighted by Gasteiger charge is 2.49. The lowest BCUT2D eigenvalue weighted by atomic mass is 9.91.